The predicted molar refractivity (Wildman–Crippen MR) is 131 cm³/mol. The molecule has 184 valence electrons. The molecule has 2 aromatic rings. The second-order valence-electron chi connectivity index (χ2n) is 10.2. The van der Waals surface area contributed by atoms with Crippen LogP contribution in [0.15, 0.2) is 48.5 Å². The van der Waals surface area contributed by atoms with Gasteiger partial charge in [0.1, 0.15) is 12.1 Å². The summed E-state index contributed by atoms with van der Waals surface area (Å²) in [4.78, 5) is 37.7. The van der Waals surface area contributed by atoms with Crippen molar-refractivity contribution in [1.82, 2.24) is 10.6 Å². The van der Waals surface area contributed by atoms with E-state index in [1.54, 1.807) is 0 Å². The Bertz CT molecular complexity index is 1090. The van der Waals surface area contributed by atoms with E-state index in [2.05, 4.69) is 34.9 Å². The highest BCUT2D eigenvalue weighted by molar-refractivity contribution is 5.92. The highest BCUT2D eigenvalue weighted by Crippen LogP contribution is 2.44. The van der Waals surface area contributed by atoms with Gasteiger partial charge in [0, 0.05) is 12.5 Å². The standard InChI is InChI=1S/C28H32N2O5/c31-24(30-28(15-16-28)25(32)33)27(13-7-1-2-8-14-27)18-29-26(34)35-17-23-21-11-5-3-9-19(21)20-10-4-6-12-22(20)23/h3-6,9-12,23H,1-2,7-8,13-18H2,(H,29,34)(H,30,31)(H,32,33). The van der Waals surface area contributed by atoms with Gasteiger partial charge in [-0.25, -0.2) is 9.59 Å². The number of aliphatic carboxylic acids is 1. The first kappa shape index (κ1) is 23.4. The minimum atomic E-state index is -1.14. The molecule has 7 nitrogen and oxygen atoms in total. The van der Waals surface area contributed by atoms with E-state index >= 15 is 0 Å². The maximum Gasteiger partial charge on any atom is 0.407 e. The fourth-order valence-corrected chi connectivity index (χ4v) is 5.65. The molecule has 3 aliphatic rings. The second kappa shape index (κ2) is 9.36. The molecule has 0 heterocycles. The van der Waals surface area contributed by atoms with Crippen LogP contribution in [-0.2, 0) is 14.3 Å². The molecule has 0 bridgehead atoms. The van der Waals surface area contributed by atoms with E-state index in [4.69, 9.17) is 4.74 Å². The van der Waals surface area contributed by atoms with Gasteiger partial charge in [-0.2, -0.15) is 0 Å². The number of carboxylic acid groups (broad SMARTS) is 1. The van der Waals surface area contributed by atoms with Crippen molar-refractivity contribution in [2.45, 2.75) is 62.8 Å². The van der Waals surface area contributed by atoms with Crippen molar-refractivity contribution >= 4 is 18.0 Å². The van der Waals surface area contributed by atoms with Crippen LogP contribution in [0.2, 0.25) is 0 Å². The van der Waals surface area contributed by atoms with Crippen molar-refractivity contribution in [3.8, 4) is 11.1 Å². The van der Waals surface area contributed by atoms with Gasteiger partial charge in [0.25, 0.3) is 0 Å². The Morgan fingerprint density at radius 3 is 1.97 bits per heavy atom. The van der Waals surface area contributed by atoms with E-state index in [0.717, 1.165) is 36.8 Å². The summed E-state index contributed by atoms with van der Waals surface area (Å²) < 4.78 is 5.66. The average Bonchev–Trinajstić information content (AvgIpc) is 3.63. The lowest BCUT2D eigenvalue weighted by molar-refractivity contribution is -0.145. The highest BCUT2D eigenvalue weighted by atomic mass is 16.5. The SMILES string of the molecule is O=C(NCC1(C(=O)NC2(C(=O)O)CC2)CCCCCC1)OCC1c2ccccc2-c2ccccc21. The van der Waals surface area contributed by atoms with Gasteiger partial charge in [-0.1, -0.05) is 74.2 Å². The molecule has 0 aliphatic heterocycles. The fourth-order valence-electron chi connectivity index (χ4n) is 5.65. The number of hydrogen-bond donors (Lipinski definition) is 3. The number of nitrogens with one attached hydrogen (secondary N) is 2. The van der Waals surface area contributed by atoms with Gasteiger partial charge < -0.3 is 20.5 Å². The molecule has 2 aromatic carbocycles. The van der Waals surface area contributed by atoms with Crippen LogP contribution in [0.3, 0.4) is 0 Å². The van der Waals surface area contributed by atoms with Gasteiger partial charge in [0.2, 0.25) is 5.91 Å². The Labute approximate surface area is 205 Å². The zero-order valence-corrected chi connectivity index (χ0v) is 19.8. The maximum atomic E-state index is 13.3. The second-order valence-corrected chi connectivity index (χ2v) is 10.2. The smallest absolute Gasteiger partial charge is 0.407 e. The minimum absolute atomic E-state index is 0.0337. The van der Waals surface area contributed by atoms with Crippen LogP contribution >= 0.6 is 0 Å². The van der Waals surface area contributed by atoms with Gasteiger partial charge in [0.05, 0.1) is 5.41 Å². The quantitative estimate of drug-likeness (QED) is 0.507. The number of alkyl carbamates (subject to hydrolysis) is 1. The molecule has 0 unspecified atom stereocenters. The fraction of sp³-hybridized carbons (Fsp3) is 0.464. The molecule has 2 saturated carbocycles. The summed E-state index contributed by atoms with van der Waals surface area (Å²) in [5, 5.41) is 15.2. The van der Waals surface area contributed by atoms with Crippen molar-refractivity contribution < 1.29 is 24.2 Å². The molecule has 0 saturated heterocycles. The number of carboxylic acids is 1. The molecule has 35 heavy (non-hydrogen) atoms. The van der Waals surface area contributed by atoms with E-state index in [9.17, 15) is 19.5 Å². The lowest BCUT2D eigenvalue weighted by Crippen LogP contribution is -2.54. The van der Waals surface area contributed by atoms with Gasteiger partial charge in [-0.3, -0.25) is 4.79 Å². The van der Waals surface area contributed by atoms with Crippen molar-refractivity contribution in [2.24, 2.45) is 5.41 Å². The molecule has 0 aromatic heterocycles. The van der Waals surface area contributed by atoms with Crippen LogP contribution in [0.5, 0.6) is 0 Å². The summed E-state index contributed by atoms with van der Waals surface area (Å²) in [5.74, 6) is -1.29. The molecule has 0 spiro atoms. The van der Waals surface area contributed by atoms with Gasteiger partial charge >= 0.3 is 12.1 Å². The zero-order chi connectivity index (χ0) is 24.5. The van der Waals surface area contributed by atoms with Gasteiger partial charge in [-0.05, 0) is 47.9 Å². The summed E-state index contributed by atoms with van der Waals surface area (Å²) >= 11 is 0. The molecule has 3 N–H and O–H groups in total. The molecule has 5 rings (SSSR count). The first-order chi connectivity index (χ1) is 16.9. The number of amides is 2. The molecule has 2 amide bonds. The Morgan fingerprint density at radius 1 is 0.857 bits per heavy atom. The van der Waals surface area contributed by atoms with E-state index in [1.165, 1.54) is 11.1 Å². The van der Waals surface area contributed by atoms with Crippen LogP contribution in [0.1, 0.15) is 68.4 Å². The number of ether oxygens (including phenoxy) is 1. The average molecular weight is 477 g/mol. The first-order valence-electron chi connectivity index (χ1n) is 12.6. The van der Waals surface area contributed by atoms with E-state index in [0.29, 0.717) is 25.7 Å². The van der Waals surface area contributed by atoms with Crippen molar-refractivity contribution in [2.75, 3.05) is 13.2 Å². The highest BCUT2D eigenvalue weighted by Gasteiger charge is 2.54. The number of hydrogen-bond acceptors (Lipinski definition) is 4. The third-order valence-corrected chi connectivity index (χ3v) is 7.97. The molecule has 2 fully saturated rings. The largest absolute Gasteiger partial charge is 0.480 e. The maximum absolute atomic E-state index is 13.3. The molecule has 0 atom stereocenters. The Balaban J connectivity index is 1.24. The third-order valence-electron chi connectivity index (χ3n) is 7.97. The van der Waals surface area contributed by atoms with Crippen LogP contribution in [0.4, 0.5) is 4.79 Å². The van der Waals surface area contributed by atoms with Crippen molar-refractivity contribution in [3.05, 3.63) is 59.7 Å². The number of carbonyl (C=O) groups excluding carboxylic acids is 2. The Kier molecular flexibility index (Phi) is 6.26. The Morgan fingerprint density at radius 2 is 1.43 bits per heavy atom. The van der Waals surface area contributed by atoms with Gasteiger partial charge in [0.15, 0.2) is 0 Å². The minimum Gasteiger partial charge on any atom is -0.480 e. The molecule has 7 heteroatoms. The van der Waals surface area contributed by atoms with Gasteiger partial charge in [-0.15, -0.1) is 0 Å². The molecular formula is C28H32N2O5. The zero-order valence-electron chi connectivity index (χ0n) is 19.8. The summed E-state index contributed by atoms with van der Waals surface area (Å²) in [5.41, 5.74) is 2.67. The van der Waals surface area contributed by atoms with Crippen LogP contribution in [0, 0.1) is 5.41 Å². The summed E-state index contributed by atoms with van der Waals surface area (Å²) in [6, 6.07) is 16.3. The number of fused-ring (bicyclic) bond motifs is 3. The lowest BCUT2D eigenvalue weighted by atomic mass is 9.79. The normalized spacial score (nSPS) is 19.5. The van der Waals surface area contributed by atoms with Crippen molar-refractivity contribution in [3.63, 3.8) is 0 Å². The van der Waals surface area contributed by atoms with Crippen LogP contribution in [-0.4, -0.2) is 41.8 Å². The monoisotopic (exact) mass is 476 g/mol. The van der Waals surface area contributed by atoms with Crippen LogP contribution < -0.4 is 10.6 Å². The van der Waals surface area contributed by atoms with Crippen molar-refractivity contribution in [1.29, 1.82) is 0 Å². The number of carbonyl (C=O) groups is 3. The summed E-state index contributed by atoms with van der Waals surface area (Å²) in [6.07, 6.45) is 5.40. The number of benzene rings is 2. The third kappa shape index (κ3) is 4.51. The summed E-state index contributed by atoms with van der Waals surface area (Å²) in [6.45, 7) is 0.354. The van der Waals surface area contributed by atoms with E-state index in [-0.39, 0.29) is 25.0 Å². The molecule has 3 aliphatic carbocycles. The Hall–Kier alpha value is -3.35. The lowest BCUT2D eigenvalue weighted by Gasteiger charge is -2.33. The molecule has 0 radical (unpaired) electrons. The first-order valence-corrected chi connectivity index (χ1v) is 12.6. The topological polar surface area (TPSA) is 105 Å². The van der Waals surface area contributed by atoms with E-state index in [1.807, 2.05) is 24.3 Å². The summed E-state index contributed by atoms with van der Waals surface area (Å²) in [7, 11) is 0. The van der Waals surface area contributed by atoms with Crippen LogP contribution in [0.25, 0.3) is 11.1 Å². The number of rotatable bonds is 7. The predicted octanol–water partition coefficient (Wildman–Crippen LogP) is 4.60. The molecular weight excluding hydrogens is 444 g/mol. The van der Waals surface area contributed by atoms with E-state index < -0.39 is 23.0 Å².